The summed E-state index contributed by atoms with van der Waals surface area (Å²) < 4.78 is 0. The Hall–Kier alpha value is -2.28. The van der Waals surface area contributed by atoms with Gasteiger partial charge in [0.15, 0.2) is 0 Å². The Morgan fingerprint density at radius 2 is 1.93 bits per heavy atom. The van der Waals surface area contributed by atoms with E-state index in [9.17, 15) is 9.59 Å². The normalized spacial score (nSPS) is 14.9. The van der Waals surface area contributed by atoms with Gasteiger partial charge in [0.2, 0.25) is 5.91 Å². The zero-order valence-corrected chi connectivity index (χ0v) is 18.8. The minimum absolute atomic E-state index is 0.0124. The Bertz CT molecular complexity index is 944. The molecule has 1 N–H and O–H groups in total. The first-order chi connectivity index (χ1) is 14.5. The predicted molar refractivity (Wildman–Crippen MR) is 125 cm³/mol. The summed E-state index contributed by atoms with van der Waals surface area (Å²) in [5, 5.41) is 3.55. The molecule has 1 aliphatic heterocycles. The molecule has 7 heteroatoms. The van der Waals surface area contributed by atoms with E-state index in [0.717, 1.165) is 35.8 Å². The summed E-state index contributed by atoms with van der Waals surface area (Å²) >= 11 is 7.49. The number of rotatable bonds is 8. The van der Waals surface area contributed by atoms with Crippen LogP contribution in [0, 0.1) is 0 Å². The molecule has 2 aromatic rings. The van der Waals surface area contributed by atoms with Crippen LogP contribution in [0.25, 0.3) is 6.08 Å². The van der Waals surface area contributed by atoms with Crippen LogP contribution in [0.2, 0.25) is 5.02 Å². The first-order valence-electron chi connectivity index (χ1n) is 10.1. The number of nitrogens with zero attached hydrogens (tertiary/aromatic N) is 2. The van der Waals surface area contributed by atoms with Gasteiger partial charge in [-0.1, -0.05) is 61.5 Å². The third-order valence-corrected chi connectivity index (χ3v) is 6.24. The molecule has 0 atom stereocenters. The van der Waals surface area contributed by atoms with Crippen LogP contribution in [0.1, 0.15) is 19.4 Å². The van der Waals surface area contributed by atoms with Crippen LogP contribution in [0.4, 0.5) is 5.69 Å². The summed E-state index contributed by atoms with van der Waals surface area (Å²) in [7, 11) is 0. The molecule has 0 bridgehead atoms. The quantitative estimate of drug-likeness (QED) is 0.619. The molecule has 0 saturated carbocycles. The number of nitrogens with one attached hydrogen (secondary N) is 1. The maximum absolute atomic E-state index is 13.2. The fourth-order valence-corrected chi connectivity index (χ4v) is 4.52. The van der Waals surface area contributed by atoms with E-state index in [2.05, 4.69) is 24.1 Å². The molecule has 0 unspecified atom stereocenters. The second kappa shape index (κ2) is 10.7. The van der Waals surface area contributed by atoms with Crippen molar-refractivity contribution in [1.82, 2.24) is 10.2 Å². The van der Waals surface area contributed by atoms with Crippen LogP contribution in [-0.2, 0) is 9.59 Å². The summed E-state index contributed by atoms with van der Waals surface area (Å²) in [6.07, 6.45) is 1.82. The molecule has 5 nitrogen and oxygen atoms in total. The van der Waals surface area contributed by atoms with Crippen molar-refractivity contribution in [3.63, 3.8) is 0 Å². The van der Waals surface area contributed by atoms with Crippen molar-refractivity contribution < 1.29 is 9.59 Å². The van der Waals surface area contributed by atoms with Crippen LogP contribution in [0.3, 0.4) is 0 Å². The standard InChI is InChI=1S/C23H26ClN3O2S/c1-3-26(4-2)13-12-25-22(28)16-27-19-10-5-6-11-20(19)30-21(23(27)29)15-17-8-7-9-18(24)14-17/h5-11,14-15H,3-4,12-13,16H2,1-2H3,(H,25,28). The Morgan fingerprint density at radius 1 is 1.17 bits per heavy atom. The lowest BCUT2D eigenvalue weighted by atomic mass is 10.2. The summed E-state index contributed by atoms with van der Waals surface area (Å²) in [5.74, 6) is -0.350. The molecule has 2 aromatic carbocycles. The van der Waals surface area contributed by atoms with E-state index in [4.69, 9.17) is 11.6 Å². The summed E-state index contributed by atoms with van der Waals surface area (Å²) in [6, 6.07) is 15.0. The SMILES string of the molecule is CCN(CC)CCNC(=O)CN1C(=O)C(=Cc2cccc(Cl)c2)Sc2ccccc21. The van der Waals surface area contributed by atoms with E-state index in [1.807, 2.05) is 48.5 Å². The van der Waals surface area contributed by atoms with E-state index >= 15 is 0 Å². The second-order valence-corrected chi connectivity index (χ2v) is 8.42. The number of halogens is 1. The highest BCUT2D eigenvalue weighted by atomic mass is 35.5. The summed E-state index contributed by atoms with van der Waals surface area (Å²) in [5.41, 5.74) is 1.61. The molecule has 158 valence electrons. The Labute approximate surface area is 187 Å². The minimum Gasteiger partial charge on any atom is -0.353 e. The van der Waals surface area contributed by atoms with E-state index in [-0.39, 0.29) is 18.4 Å². The van der Waals surface area contributed by atoms with E-state index in [0.29, 0.717) is 16.5 Å². The average molecular weight is 444 g/mol. The van der Waals surface area contributed by atoms with Gasteiger partial charge in [-0.25, -0.2) is 0 Å². The number of hydrogen-bond acceptors (Lipinski definition) is 4. The predicted octanol–water partition coefficient (Wildman–Crippen LogP) is 4.28. The lowest BCUT2D eigenvalue weighted by Gasteiger charge is -2.30. The van der Waals surface area contributed by atoms with Gasteiger partial charge >= 0.3 is 0 Å². The van der Waals surface area contributed by atoms with Gasteiger partial charge in [0.1, 0.15) is 6.54 Å². The van der Waals surface area contributed by atoms with Gasteiger partial charge in [0, 0.05) is 23.0 Å². The number of hydrogen-bond donors (Lipinski definition) is 1. The molecule has 0 aromatic heterocycles. The molecular weight excluding hydrogens is 418 g/mol. The van der Waals surface area contributed by atoms with Gasteiger partial charge in [0.05, 0.1) is 10.6 Å². The largest absolute Gasteiger partial charge is 0.353 e. The molecule has 0 spiro atoms. The maximum Gasteiger partial charge on any atom is 0.265 e. The first kappa shape index (κ1) is 22.4. The fraction of sp³-hybridized carbons (Fsp3) is 0.304. The van der Waals surface area contributed by atoms with Gasteiger partial charge in [-0.3, -0.25) is 14.5 Å². The van der Waals surface area contributed by atoms with Crippen LogP contribution < -0.4 is 10.2 Å². The molecule has 1 heterocycles. The number of anilines is 1. The number of thioether (sulfide) groups is 1. The summed E-state index contributed by atoms with van der Waals surface area (Å²) in [6.45, 7) is 7.42. The monoisotopic (exact) mass is 443 g/mol. The van der Waals surface area contributed by atoms with Gasteiger partial charge < -0.3 is 10.2 Å². The van der Waals surface area contributed by atoms with Crippen LogP contribution in [0.5, 0.6) is 0 Å². The fourth-order valence-electron chi connectivity index (χ4n) is 3.26. The van der Waals surface area contributed by atoms with E-state index < -0.39 is 0 Å². The van der Waals surface area contributed by atoms with E-state index in [1.54, 1.807) is 11.0 Å². The number of para-hydroxylation sites is 1. The highest BCUT2D eigenvalue weighted by Crippen LogP contribution is 2.41. The van der Waals surface area contributed by atoms with Crippen molar-refractivity contribution in [1.29, 1.82) is 0 Å². The second-order valence-electron chi connectivity index (χ2n) is 6.90. The minimum atomic E-state index is -0.183. The lowest BCUT2D eigenvalue weighted by molar-refractivity contribution is -0.122. The van der Waals surface area contributed by atoms with Gasteiger partial charge in [-0.2, -0.15) is 0 Å². The smallest absolute Gasteiger partial charge is 0.265 e. The lowest BCUT2D eigenvalue weighted by Crippen LogP contribution is -2.44. The number of likely N-dealkylation sites (N-methyl/N-ethyl adjacent to an activating group) is 1. The third kappa shape index (κ3) is 5.65. The van der Waals surface area contributed by atoms with Crippen LogP contribution >= 0.6 is 23.4 Å². The zero-order chi connectivity index (χ0) is 21.5. The Balaban J connectivity index is 1.77. The summed E-state index contributed by atoms with van der Waals surface area (Å²) in [4.78, 5) is 31.1. The van der Waals surface area contributed by atoms with Crippen molar-refractivity contribution in [3.05, 3.63) is 64.0 Å². The number of carbonyl (C=O) groups is 2. The topological polar surface area (TPSA) is 52.7 Å². The van der Waals surface area contributed by atoms with Crippen molar-refractivity contribution in [2.24, 2.45) is 0 Å². The number of fused-ring (bicyclic) bond motifs is 1. The number of amides is 2. The highest BCUT2D eigenvalue weighted by molar-refractivity contribution is 8.04. The number of carbonyl (C=O) groups excluding carboxylic acids is 2. The van der Waals surface area contributed by atoms with Crippen LogP contribution in [-0.4, -0.2) is 49.4 Å². The Morgan fingerprint density at radius 3 is 2.67 bits per heavy atom. The molecule has 0 saturated heterocycles. The van der Waals surface area contributed by atoms with Crippen molar-refractivity contribution in [3.8, 4) is 0 Å². The average Bonchev–Trinajstić information content (AvgIpc) is 2.74. The molecule has 30 heavy (non-hydrogen) atoms. The highest BCUT2D eigenvalue weighted by Gasteiger charge is 2.30. The molecule has 0 aliphatic carbocycles. The molecule has 3 rings (SSSR count). The Kier molecular flexibility index (Phi) is 7.96. The van der Waals surface area contributed by atoms with Crippen LogP contribution in [0.15, 0.2) is 58.3 Å². The van der Waals surface area contributed by atoms with E-state index in [1.165, 1.54) is 11.8 Å². The maximum atomic E-state index is 13.2. The third-order valence-electron chi connectivity index (χ3n) is 4.92. The van der Waals surface area contributed by atoms with Crippen molar-refractivity contribution >= 4 is 46.9 Å². The first-order valence-corrected chi connectivity index (χ1v) is 11.3. The number of benzene rings is 2. The molecule has 2 amide bonds. The molecular formula is C23H26ClN3O2S. The molecule has 0 fully saturated rings. The van der Waals surface area contributed by atoms with Crippen molar-refractivity contribution in [2.45, 2.75) is 18.7 Å². The molecule has 0 radical (unpaired) electrons. The molecule has 1 aliphatic rings. The van der Waals surface area contributed by atoms with Gasteiger partial charge in [0.25, 0.3) is 5.91 Å². The van der Waals surface area contributed by atoms with Crippen molar-refractivity contribution in [2.75, 3.05) is 37.6 Å². The zero-order valence-electron chi connectivity index (χ0n) is 17.2. The van der Waals surface area contributed by atoms with Gasteiger partial charge in [-0.15, -0.1) is 0 Å². The van der Waals surface area contributed by atoms with Gasteiger partial charge in [-0.05, 0) is 49.0 Å².